The average molecular weight is 342 g/mol. The Balaban J connectivity index is 2.37. The maximum Gasteiger partial charge on any atom is 0.312 e. The van der Waals surface area contributed by atoms with E-state index in [0.29, 0.717) is 23.3 Å². The zero-order valence-electron chi connectivity index (χ0n) is 14.2. The molecule has 0 aliphatic heterocycles. The van der Waals surface area contributed by atoms with Gasteiger partial charge < -0.3 is 21.8 Å². The number of nitrogens with two attached hydrogens (primary N) is 2. The van der Waals surface area contributed by atoms with Gasteiger partial charge in [-0.25, -0.2) is 9.79 Å². The Morgan fingerprint density at radius 1 is 1.44 bits per heavy atom. The third-order valence-electron chi connectivity index (χ3n) is 3.86. The zero-order valence-corrected chi connectivity index (χ0v) is 14.2. The molecule has 8 heteroatoms. The molecule has 1 aliphatic carbocycles. The molecule has 7 N–H and O–H groups in total. The molecule has 0 saturated heterocycles. The predicted octanol–water partition coefficient (Wildman–Crippen LogP) is 1.56. The van der Waals surface area contributed by atoms with E-state index in [9.17, 15) is 9.59 Å². The first-order chi connectivity index (χ1) is 11.8. The third kappa shape index (κ3) is 4.23. The molecule has 8 nitrogen and oxygen atoms in total. The van der Waals surface area contributed by atoms with E-state index < -0.39 is 6.03 Å². The van der Waals surface area contributed by atoms with Crippen LogP contribution in [0.1, 0.15) is 47.9 Å². The molecule has 1 heterocycles. The van der Waals surface area contributed by atoms with E-state index in [2.05, 4.69) is 15.3 Å². The Kier molecular flexibility index (Phi) is 5.53. The monoisotopic (exact) mass is 342 g/mol. The van der Waals surface area contributed by atoms with Crippen molar-refractivity contribution in [2.45, 2.75) is 32.2 Å². The van der Waals surface area contributed by atoms with Crippen LogP contribution in [0.5, 0.6) is 0 Å². The predicted molar refractivity (Wildman–Crippen MR) is 97.1 cm³/mol. The van der Waals surface area contributed by atoms with Gasteiger partial charge in [-0.2, -0.15) is 0 Å². The molecule has 1 aromatic heterocycles. The van der Waals surface area contributed by atoms with Crippen molar-refractivity contribution < 1.29 is 9.59 Å². The van der Waals surface area contributed by atoms with E-state index in [-0.39, 0.29) is 23.6 Å². The van der Waals surface area contributed by atoms with E-state index >= 15 is 0 Å². The fourth-order valence-electron chi connectivity index (χ4n) is 2.60. The lowest BCUT2D eigenvalue weighted by molar-refractivity contribution is 0.102. The van der Waals surface area contributed by atoms with Crippen molar-refractivity contribution in [3.63, 3.8) is 0 Å². The van der Waals surface area contributed by atoms with Gasteiger partial charge in [-0.3, -0.25) is 10.2 Å². The second kappa shape index (κ2) is 7.61. The lowest BCUT2D eigenvalue weighted by Gasteiger charge is -2.18. The molecular weight excluding hydrogens is 320 g/mol. The van der Waals surface area contributed by atoms with Gasteiger partial charge in [-0.05, 0) is 12.0 Å². The maximum atomic E-state index is 13.0. The topological polar surface area (TPSA) is 150 Å². The van der Waals surface area contributed by atoms with Crippen LogP contribution in [0.3, 0.4) is 0 Å². The first-order valence-electron chi connectivity index (χ1n) is 7.87. The number of nitrogens with one attached hydrogen (secondary N) is 3. The van der Waals surface area contributed by atoms with Gasteiger partial charge in [0.05, 0.1) is 17.3 Å². The molecule has 0 radical (unpaired) electrons. The number of carbonyl (C=O) groups excluding carboxylic acids is 2. The van der Waals surface area contributed by atoms with Crippen molar-refractivity contribution in [2.24, 2.45) is 16.5 Å². The Labute approximate surface area is 145 Å². The summed E-state index contributed by atoms with van der Waals surface area (Å²) < 4.78 is 0. The van der Waals surface area contributed by atoms with Gasteiger partial charge in [-0.15, -0.1) is 0 Å². The summed E-state index contributed by atoms with van der Waals surface area (Å²) in [5.41, 5.74) is 13.2. The lowest BCUT2D eigenvalue weighted by Crippen LogP contribution is -2.38. The van der Waals surface area contributed by atoms with Crippen molar-refractivity contribution in [1.29, 1.82) is 5.41 Å². The van der Waals surface area contributed by atoms with Gasteiger partial charge in [0.25, 0.3) is 0 Å². The van der Waals surface area contributed by atoms with E-state index in [0.717, 1.165) is 12.0 Å². The van der Waals surface area contributed by atoms with Crippen molar-refractivity contribution in [3.8, 4) is 0 Å². The minimum absolute atomic E-state index is 0.0732. The molecule has 0 bridgehead atoms. The van der Waals surface area contributed by atoms with Crippen molar-refractivity contribution in [1.82, 2.24) is 10.3 Å². The molecule has 132 valence electrons. The molecule has 2 rings (SSSR count). The summed E-state index contributed by atoms with van der Waals surface area (Å²) in [7, 11) is 0. The SMILES string of the molecule is CC(C)c1cc(C(=O)C2=CC=CC(NC(N)=O)C2)c(C(N)=NC=N)[nH]1. The highest BCUT2D eigenvalue weighted by Crippen LogP contribution is 2.24. The number of rotatable bonds is 6. The lowest BCUT2D eigenvalue weighted by atomic mass is 9.93. The van der Waals surface area contributed by atoms with E-state index in [1.807, 2.05) is 13.8 Å². The molecular formula is C17H22N6O2. The summed E-state index contributed by atoms with van der Waals surface area (Å²) in [6.07, 6.45) is 6.35. The number of Topliss-reactive ketones (excluding diaryl/α,β-unsaturated/α-hetero) is 1. The fourth-order valence-corrected chi connectivity index (χ4v) is 2.60. The number of aromatic nitrogens is 1. The molecule has 1 aromatic rings. The number of aromatic amines is 1. The number of hydrogen-bond acceptors (Lipinski definition) is 3. The fraction of sp³-hybridized carbons (Fsp3) is 0.294. The second-order valence-electron chi connectivity index (χ2n) is 6.04. The Morgan fingerprint density at radius 2 is 2.16 bits per heavy atom. The smallest absolute Gasteiger partial charge is 0.312 e. The minimum atomic E-state index is -0.643. The Morgan fingerprint density at radius 3 is 2.76 bits per heavy atom. The van der Waals surface area contributed by atoms with Gasteiger partial charge in [0, 0.05) is 17.7 Å². The number of H-pyrrole nitrogens is 1. The van der Waals surface area contributed by atoms with Crippen LogP contribution in [0.2, 0.25) is 0 Å². The number of ketones is 1. The van der Waals surface area contributed by atoms with Crippen LogP contribution in [0.25, 0.3) is 0 Å². The number of primary amides is 1. The first-order valence-corrected chi connectivity index (χ1v) is 7.87. The normalized spacial score (nSPS) is 17.3. The van der Waals surface area contributed by atoms with Crippen LogP contribution < -0.4 is 16.8 Å². The molecule has 0 spiro atoms. The summed E-state index contributed by atoms with van der Waals surface area (Å²) in [6, 6.07) is 0.779. The average Bonchev–Trinajstić information content (AvgIpc) is 2.99. The molecule has 1 atom stereocenters. The summed E-state index contributed by atoms with van der Waals surface area (Å²) >= 11 is 0. The van der Waals surface area contributed by atoms with Crippen LogP contribution in [-0.4, -0.2) is 35.0 Å². The van der Waals surface area contributed by atoms with E-state index in [1.165, 1.54) is 0 Å². The highest BCUT2D eigenvalue weighted by atomic mass is 16.2. The number of urea groups is 1. The summed E-state index contributed by atoms with van der Waals surface area (Å²) in [4.78, 5) is 30.9. The minimum Gasteiger partial charge on any atom is -0.382 e. The van der Waals surface area contributed by atoms with Crippen molar-refractivity contribution in [2.75, 3.05) is 0 Å². The quantitative estimate of drug-likeness (QED) is 0.303. The van der Waals surface area contributed by atoms with Crippen LogP contribution in [0.15, 0.2) is 34.9 Å². The van der Waals surface area contributed by atoms with Gasteiger partial charge >= 0.3 is 6.03 Å². The number of amidine groups is 1. The van der Waals surface area contributed by atoms with E-state index in [1.54, 1.807) is 24.3 Å². The van der Waals surface area contributed by atoms with Crippen molar-refractivity contribution >= 4 is 24.0 Å². The van der Waals surface area contributed by atoms with Crippen LogP contribution >= 0.6 is 0 Å². The van der Waals surface area contributed by atoms with Crippen molar-refractivity contribution in [3.05, 3.63) is 46.8 Å². The van der Waals surface area contributed by atoms with E-state index in [4.69, 9.17) is 16.9 Å². The molecule has 25 heavy (non-hydrogen) atoms. The highest BCUT2D eigenvalue weighted by molar-refractivity contribution is 6.16. The number of amides is 2. The molecule has 0 aromatic carbocycles. The largest absolute Gasteiger partial charge is 0.382 e. The summed E-state index contributed by atoms with van der Waals surface area (Å²) in [5, 5.41) is 9.65. The number of allylic oxidation sites excluding steroid dienone is 2. The van der Waals surface area contributed by atoms with Crippen LogP contribution in [0.4, 0.5) is 4.79 Å². The van der Waals surface area contributed by atoms with Crippen LogP contribution in [-0.2, 0) is 0 Å². The maximum absolute atomic E-state index is 13.0. The van der Waals surface area contributed by atoms with Gasteiger partial charge in [0.2, 0.25) is 0 Å². The molecule has 0 fully saturated rings. The standard InChI is InChI=1S/C17H22N6O2/c1-9(2)13-7-12(14(23-13)16(19)21-8-18)15(24)10-4-3-5-11(6-10)22-17(20)25/h3-5,7-9,11,23H,6H2,1-2H3,(H3,18,19,21)(H3,20,22,25). The van der Waals surface area contributed by atoms with Crippen LogP contribution in [0, 0.1) is 5.41 Å². The Bertz CT molecular complexity index is 785. The molecule has 1 unspecified atom stereocenters. The van der Waals surface area contributed by atoms with Gasteiger partial charge in [0.1, 0.15) is 12.2 Å². The first kappa shape index (κ1) is 18.2. The second-order valence-corrected chi connectivity index (χ2v) is 6.04. The molecule has 1 aliphatic rings. The number of aliphatic imine (C=N–C) groups is 1. The molecule has 2 amide bonds. The zero-order chi connectivity index (χ0) is 18.6. The van der Waals surface area contributed by atoms with Gasteiger partial charge in [-0.1, -0.05) is 32.1 Å². The molecule has 0 saturated carbocycles. The Hall–Kier alpha value is -3.16. The number of nitrogens with zero attached hydrogens (tertiary/aromatic N) is 1. The highest BCUT2D eigenvalue weighted by Gasteiger charge is 2.24. The number of hydrogen-bond donors (Lipinski definition) is 5. The summed E-state index contributed by atoms with van der Waals surface area (Å²) in [5.74, 6) is 0.0310. The third-order valence-corrected chi connectivity index (χ3v) is 3.86. The number of carbonyl (C=O) groups is 2. The summed E-state index contributed by atoms with van der Waals surface area (Å²) in [6.45, 7) is 3.98. The van der Waals surface area contributed by atoms with Gasteiger partial charge in [0.15, 0.2) is 5.78 Å².